The zero-order valence-corrected chi connectivity index (χ0v) is 18.4. The minimum absolute atomic E-state index is 0.120. The van der Waals surface area contributed by atoms with Crippen LogP contribution in [0.5, 0.6) is 0 Å². The number of hydrogen-bond donors (Lipinski definition) is 2. The number of carbonyl (C=O) groups excluding carboxylic acids is 2. The summed E-state index contributed by atoms with van der Waals surface area (Å²) in [6.07, 6.45) is 3.52. The van der Waals surface area contributed by atoms with Gasteiger partial charge in [-0.25, -0.2) is 8.42 Å². The van der Waals surface area contributed by atoms with Crippen molar-refractivity contribution in [2.24, 2.45) is 0 Å². The van der Waals surface area contributed by atoms with Crippen LogP contribution < -0.4 is 10.6 Å². The SMILES string of the molecule is C=CC(=O)NC1CN(S(=O)(=O)c2ccc(NC(=O)c3ccc(CN4CCCC4)o3)cc2)C1. The summed E-state index contributed by atoms with van der Waals surface area (Å²) in [4.78, 5) is 26.2. The van der Waals surface area contributed by atoms with E-state index in [9.17, 15) is 18.0 Å². The van der Waals surface area contributed by atoms with E-state index in [1.165, 1.54) is 41.4 Å². The van der Waals surface area contributed by atoms with Crippen molar-refractivity contribution in [1.29, 1.82) is 0 Å². The lowest BCUT2D eigenvalue weighted by Crippen LogP contribution is -2.60. The second-order valence-corrected chi connectivity index (χ2v) is 9.90. The highest BCUT2D eigenvalue weighted by atomic mass is 32.2. The monoisotopic (exact) mass is 458 g/mol. The van der Waals surface area contributed by atoms with Crippen LogP contribution in [0.2, 0.25) is 0 Å². The summed E-state index contributed by atoms with van der Waals surface area (Å²) in [5, 5.41) is 5.39. The molecule has 2 amide bonds. The Bertz CT molecular complexity index is 1100. The quantitative estimate of drug-likeness (QED) is 0.584. The molecule has 32 heavy (non-hydrogen) atoms. The highest BCUT2D eigenvalue weighted by Gasteiger charge is 2.37. The van der Waals surface area contributed by atoms with Gasteiger partial charge in [0.05, 0.1) is 17.5 Å². The molecule has 10 heteroatoms. The van der Waals surface area contributed by atoms with E-state index in [2.05, 4.69) is 22.1 Å². The molecule has 2 aliphatic heterocycles. The van der Waals surface area contributed by atoms with Gasteiger partial charge in [-0.3, -0.25) is 14.5 Å². The van der Waals surface area contributed by atoms with Crippen LogP contribution in [-0.2, 0) is 21.4 Å². The van der Waals surface area contributed by atoms with E-state index < -0.39 is 15.9 Å². The molecule has 1 aromatic heterocycles. The van der Waals surface area contributed by atoms with Crippen LogP contribution in [0.3, 0.4) is 0 Å². The van der Waals surface area contributed by atoms with E-state index >= 15 is 0 Å². The molecule has 2 saturated heterocycles. The van der Waals surface area contributed by atoms with Crippen LogP contribution in [-0.4, -0.2) is 61.7 Å². The molecular formula is C22H26N4O5S. The minimum atomic E-state index is -3.66. The molecule has 0 spiro atoms. The zero-order chi connectivity index (χ0) is 22.7. The predicted molar refractivity (Wildman–Crippen MR) is 119 cm³/mol. The Hall–Kier alpha value is -2.95. The standard InChI is InChI=1S/C22H26N4O5S/c1-2-21(27)23-17-13-26(14-17)32(29,30)19-8-5-16(6-9-19)24-22(28)20-10-7-18(31-20)15-25-11-3-4-12-25/h2,5-10,17H,1,3-4,11-15H2,(H,23,27)(H,24,28). The number of likely N-dealkylation sites (tertiary alicyclic amines) is 1. The number of hydrogen-bond acceptors (Lipinski definition) is 6. The molecule has 0 unspecified atom stereocenters. The fourth-order valence-corrected chi connectivity index (χ4v) is 5.31. The number of rotatable bonds is 8. The molecular weight excluding hydrogens is 432 g/mol. The van der Waals surface area contributed by atoms with Gasteiger partial charge < -0.3 is 15.1 Å². The molecule has 2 aromatic rings. The van der Waals surface area contributed by atoms with Gasteiger partial charge in [0.2, 0.25) is 15.9 Å². The summed E-state index contributed by atoms with van der Waals surface area (Å²) in [7, 11) is -3.66. The van der Waals surface area contributed by atoms with Crippen molar-refractivity contribution in [2.45, 2.75) is 30.3 Å². The highest BCUT2D eigenvalue weighted by molar-refractivity contribution is 7.89. The summed E-state index contributed by atoms with van der Waals surface area (Å²) < 4.78 is 32.4. The molecule has 0 aliphatic carbocycles. The third kappa shape index (κ3) is 4.93. The molecule has 0 atom stereocenters. The Morgan fingerprint density at radius 2 is 1.78 bits per heavy atom. The van der Waals surface area contributed by atoms with Crippen molar-refractivity contribution in [3.63, 3.8) is 0 Å². The van der Waals surface area contributed by atoms with E-state index in [-0.39, 0.29) is 35.7 Å². The number of benzene rings is 1. The van der Waals surface area contributed by atoms with Crippen LogP contribution in [0.25, 0.3) is 0 Å². The Kier molecular flexibility index (Phi) is 6.45. The average molecular weight is 459 g/mol. The number of amides is 2. The molecule has 0 bridgehead atoms. The molecule has 9 nitrogen and oxygen atoms in total. The van der Waals surface area contributed by atoms with E-state index in [1.807, 2.05) is 0 Å². The van der Waals surface area contributed by atoms with E-state index in [0.29, 0.717) is 12.2 Å². The third-order valence-corrected chi connectivity index (χ3v) is 7.44. The van der Waals surface area contributed by atoms with Crippen LogP contribution in [0.1, 0.15) is 29.2 Å². The van der Waals surface area contributed by atoms with E-state index in [4.69, 9.17) is 4.42 Å². The Labute approximate surface area is 187 Å². The number of furan rings is 1. The third-order valence-electron chi connectivity index (χ3n) is 5.59. The maximum Gasteiger partial charge on any atom is 0.291 e. The Morgan fingerprint density at radius 1 is 1.09 bits per heavy atom. The van der Waals surface area contributed by atoms with Crippen molar-refractivity contribution in [3.05, 3.63) is 60.6 Å². The number of carbonyl (C=O) groups is 2. The summed E-state index contributed by atoms with van der Waals surface area (Å²) in [5.74, 6) is 0.239. The molecule has 2 N–H and O–H groups in total. The summed E-state index contributed by atoms with van der Waals surface area (Å²) in [6.45, 7) is 6.56. The van der Waals surface area contributed by atoms with Gasteiger partial charge in [0.15, 0.2) is 5.76 Å². The minimum Gasteiger partial charge on any atom is -0.455 e. The average Bonchev–Trinajstić information content (AvgIpc) is 3.43. The number of nitrogens with zero attached hydrogens (tertiary/aromatic N) is 2. The van der Waals surface area contributed by atoms with Crippen LogP contribution in [0.4, 0.5) is 5.69 Å². The Balaban J connectivity index is 1.32. The molecule has 4 rings (SSSR count). The topological polar surface area (TPSA) is 112 Å². The van der Waals surface area contributed by atoms with Crippen molar-refractivity contribution >= 4 is 27.5 Å². The Morgan fingerprint density at radius 3 is 2.44 bits per heavy atom. The lowest BCUT2D eigenvalue weighted by atomic mass is 10.2. The van der Waals surface area contributed by atoms with Gasteiger partial charge in [-0.15, -0.1) is 0 Å². The van der Waals surface area contributed by atoms with Gasteiger partial charge in [-0.05, 0) is 68.4 Å². The van der Waals surface area contributed by atoms with Crippen LogP contribution >= 0.6 is 0 Å². The van der Waals surface area contributed by atoms with Crippen molar-refractivity contribution in [2.75, 3.05) is 31.5 Å². The first kappa shape index (κ1) is 22.3. The van der Waals surface area contributed by atoms with Crippen LogP contribution in [0, 0.1) is 0 Å². The normalized spacial score (nSPS) is 17.6. The molecule has 170 valence electrons. The highest BCUT2D eigenvalue weighted by Crippen LogP contribution is 2.23. The first-order chi connectivity index (χ1) is 15.3. The smallest absolute Gasteiger partial charge is 0.291 e. The molecule has 0 radical (unpaired) electrons. The molecule has 2 aliphatic rings. The lowest BCUT2D eigenvalue weighted by Gasteiger charge is -2.38. The maximum atomic E-state index is 12.7. The molecule has 0 saturated carbocycles. The van der Waals surface area contributed by atoms with Crippen molar-refractivity contribution in [1.82, 2.24) is 14.5 Å². The predicted octanol–water partition coefficient (Wildman–Crippen LogP) is 1.80. The summed E-state index contributed by atoms with van der Waals surface area (Å²) >= 11 is 0. The first-order valence-electron chi connectivity index (χ1n) is 10.5. The van der Waals surface area contributed by atoms with Crippen molar-refractivity contribution in [3.8, 4) is 0 Å². The summed E-state index contributed by atoms with van der Waals surface area (Å²) in [6, 6.07) is 9.19. The zero-order valence-electron chi connectivity index (χ0n) is 17.6. The van der Waals surface area contributed by atoms with Crippen molar-refractivity contribution < 1.29 is 22.4 Å². The number of anilines is 1. The van der Waals surface area contributed by atoms with Gasteiger partial charge in [-0.1, -0.05) is 6.58 Å². The van der Waals surface area contributed by atoms with Gasteiger partial charge in [0.25, 0.3) is 5.91 Å². The van der Waals surface area contributed by atoms with E-state index in [0.717, 1.165) is 24.9 Å². The first-order valence-corrected chi connectivity index (χ1v) is 11.9. The van der Waals surface area contributed by atoms with Gasteiger partial charge in [0.1, 0.15) is 5.76 Å². The molecule has 3 heterocycles. The largest absolute Gasteiger partial charge is 0.455 e. The number of sulfonamides is 1. The van der Waals surface area contributed by atoms with Gasteiger partial charge >= 0.3 is 0 Å². The second kappa shape index (κ2) is 9.27. The fourth-order valence-electron chi connectivity index (χ4n) is 3.78. The molecule has 1 aromatic carbocycles. The van der Waals surface area contributed by atoms with Gasteiger partial charge in [0, 0.05) is 18.8 Å². The summed E-state index contributed by atoms with van der Waals surface area (Å²) in [5.41, 5.74) is 0.464. The maximum absolute atomic E-state index is 12.7. The fraction of sp³-hybridized carbons (Fsp3) is 0.364. The molecule has 2 fully saturated rings. The van der Waals surface area contributed by atoms with Crippen LogP contribution in [0.15, 0.2) is 58.4 Å². The second-order valence-electron chi connectivity index (χ2n) is 7.96. The number of nitrogens with one attached hydrogen (secondary N) is 2. The van der Waals surface area contributed by atoms with Gasteiger partial charge in [-0.2, -0.15) is 4.31 Å². The lowest BCUT2D eigenvalue weighted by molar-refractivity contribution is -0.117. The van der Waals surface area contributed by atoms with E-state index in [1.54, 1.807) is 12.1 Å².